The molecule has 1 aliphatic rings. The Morgan fingerprint density at radius 1 is 1.07 bits per heavy atom. The predicted octanol–water partition coefficient (Wildman–Crippen LogP) is 5.76. The fraction of sp³-hybridized carbons (Fsp3) is 0.182. The molecule has 2 N–H and O–H groups in total. The second kappa shape index (κ2) is 8.02. The van der Waals surface area contributed by atoms with Crippen molar-refractivity contribution in [1.29, 1.82) is 0 Å². The van der Waals surface area contributed by atoms with Crippen LogP contribution in [-0.2, 0) is 6.42 Å². The summed E-state index contributed by atoms with van der Waals surface area (Å²) in [5.74, 6) is 0.916. The number of hydrazone groups is 1. The molecule has 28 heavy (non-hydrogen) atoms. The highest BCUT2D eigenvalue weighted by molar-refractivity contribution is 9.10. The second-order valence-corrected chi connectivity index (χ2v) is 7.53. The molecule has 1 aliphatic carbocycles. The third-order valence-corrected chi connectivity index (χ3v) is 5.44. The molecule has 0 atom stereocenters. The summed E-state index contributed by atoms with van der Waals surface area (Å²) in [5.41, 5.74) is 7.44. The van der Waals surface area contributed by atoms with E-state index in [0.29, 0.717) is 11.4 Å². The van der Waals surface area contributed by atoms with Crippen LogP contribution in [0.15, 0.2) is 68.6 Å². The van der Waals surface area contributed by atoms with Crippen molar-refractivity contribution in [3.63, 3.8) is 0 Å². The first-order valence-electron chi connectivity index (χ1n) is 9.19. The van der Waals surface area contributed by atoms with Gasteiger partial charge in [0.1, 0.15) is 5.76 Å². The number of hydrogen-bond acceptors (Lipinski definition) is 4. The summed E-state index contributed by atoms with van der Waals surface area (Å²) in [6.07, 6.45) is 2.60. The van der Waals surface area contributed by atoms with E-state index in [0.717, 1.165) is 52.0 Å². The fourth-order valence-electron chi connectivity index (χ4n) is 3.38. The molecule has 5 nitrogen and oxygen atoms in total. The minimum Gasteiger partial charge on any atom is -0.455 e. The third kappa shape index (κ3) is 3.73. The Bertz CT molecular complexity index is 1040. The molecule has 1 amide bonds. The third-order valence-electron chi connectivity index (χ3n) is 4.75. The summed E-state index contributed by atoms with van der Waals surface area (Å²) in [5, 5.41) is 7.51. The maximum Gasteiger partial charge on any atom is 0.291 e. The fourth-order valence-corrected chi connectivity index (χ4v) is 3.77. The van der Waals surface area contributed by atoms with Gasteiger partial charge < -0.3 is 9.73 Å². The summed E-state index contributed by atoms with van der Waals surface area (Å²) in [4.78, 5) is 12.8. The topological polar surface area (TPSA) is 66.6 Å². The van der Waals surface area contributed by atoms with Gasteiger partial charge in [-0.3, -0.25) is 10.2 Å². The number of rotatable bonds is 4. The van der Waals surface area contributed by atoms with E-state index in [1.54, 1.807) is 0 Å². The average Bonchev–Trinajstić information content (AvgIpc) is 3.06. The first kappa shape index (κ1) is 18.5. The maximum atomic E-state index is 12.8. The van der Waals surface area contributed by atoms with Crippen LogP contribution in [0.3, 0.4) is 0 Å². The molecule has 4 rings (SSSR count). The monoisotopic (exact) mass is 437 g/mol. The van der Waals surface area contributed by atoms with Gasteiger partial charge in [0.25, 0.3) is 5.91 Å². The Morgan fingerprint density at radius 2 is 1.82 bits per heavy atom. The van der Waals surface area contributed by atoms with Gasteiger partial charge in [0.2, 0.25) is 0 Å². The number of para-hydroxylation sites is 2. The maximum absolute atomic E-state index is 12.8. The van der Waals surface area contributed by atoms with Crippen LogP contribution in [0.5, 0.6) is 0 Å². The zero-order valence-electron chi connectivity index (χ0n) is 15.5. The van der Waals surface area contributed by atoms with E-state index in [-0.39, 0.29) is 5.91 Å². The highest BCUT2D eigenvalue weighted by atomic mass is 79.9. The van der Waals surface area contributed by atoms with Gasteiger partial charge in [0, 0.05) is 22.0 Å². The van der Waals surface area contributed by atoms with Gasteiger partial charge in [0.15, 0.2) is 5.76 Å². The van der Waals surface area contributed by atoms with E-state index in [2.05, 4.69) is 31.8 Å². The molecule has 142 valence electrons. The number of fused-ring (bicyclic) bond motifs is 1. The highest BCUT2D eigenvalue weighted by Crippen LogP contribution is 2.31. The van der Waals surface area contributed by atoms with Crippen molar-refractivity contribution in [2.45, 2.75) is 26.2 Å². The largest absolute Gasteiger partial charge is 0.455 e. The van der Waals surface area contributed by atoms with Gasteiger partial charge >= 0.3 is 0 Å². The molecule has 0 radical (unpaired) electrons. The number of carbonyl (C=O) groups excluding carboxylic acids is 1. The van der Waals surface area contributed by atoms with Crippen LogP contribution in [0.4, 0.5) is 11.4 Å². The lowest BCUT2D eigenvalue weighted by molar-refractivity contribution is 0.0994. The van der Waals surface area contributed by atoms with E-state index in [1.807, 2.05) is 61.5 Å². The standard InChI is InChI=1S/C22H20BrN3O2/c1-14-20-18(26-25-15-8-3-2-4-9-15)12-7-13-19(20)28-21(14)22(27)24-17-11-6-5-10-16(17)23/h2-6,8-11,25H,7,12-13H2,1H3,(H,24,27)/b26-18+. The molecule has 2 aromatic carbocycles. The molecule has 0 aliphatic heterocycles. The molecule has 0 bridgehead atoms. The Hall–Kier alpha value is -2.86. The summed E-state index contributed by atoms with van der Waals surface area (Å²) in [6, 6.07) is 17.3. The lowest BCUT2D eigenvalue weighted by Gasteiger charge is -2.13. The van der Waals surface area contributed by atoms with Crippen molar-refractivity contribution in [3.8, 4) is 0 Å². The van der Waals surface area contributed by atoms with Crippen LogP contribution in [-0.4, -0.2) is 11.6 Å². The van der Waals surface area contributed by atoms with E-state index in [9.17, 15) is 4.79 Å². The number of benzene rings is 2. The minimum atomic E-state index is -0.255. The number of halogens is 1. The molecule has 6 heteroatoms. The average molecular weight is 438 g/mol. The van der Waals surface area contributed by atoms with E-state index in [4.69, 9.17) is 4.42 Å². The molecule has 0 saturated heterocycles. The van der Waals surface area contributed by atoms with Gasteiger partial charge in [-0.15, -0.1) is 0 Å². The minimum absolute atomic E-state index is 0.255. The Balaban J connectivity index is 1.61. The van der Waals surface area contributed by atoms with Crippen LogP contribution in [0.25, 0.3) is 0 Å². The predicted molar refractivity (Wildman–Crippen MR) is 115 cm³/mol. The van der Waals surface area contributed by atoms with Crippen molar-refractivity contribution < 1.29 is 9.21 Å². The zero-order chi connectivity index (χ0) is 19.5. The second-order valence-electron chi connectivity index (χ2n) is 6.68. The van der Waals surface area contributed by atoms with E-state index < -0.39 is 0 Å². The van der Waals surface area contributed by atoms with Crippen molar-refractivity contribution in [3.05, 3.63) is 81.7 Å². The van der Waals surface area contributed by atoms with Gasteiger partial charge in [-0.1, -0.05) is 30.3 Å². The number of furan rings is 1. The number of hydrogen-bond donors (Lipinski definition) is 2. The van der Waals surface area contributed by atoms with Gasteiger partial charge in [0.05, 0.1) is 17.1 Å². The van der Waals surface area contributed by atoms with Crippen LogP contribution in [0.1, 0.15) is 40.3 Å². The van der Waals surface area contributed by atoms with Crippen molar-refractivity contribution >= 4 is 38.9 Å². The van der Waals surface area contributed by atoms with Gasteiger partial charge in [-0.05, 0) is 60.0 Å². The molecule has 0 unspecified atom stereocenters. The number of nitrogens with one attached hydrogen (secondary N) is 2. The zero-order valence-corrected chi connectivity index (χ0v) is 17.0. The van der Waals surface area contributed by atoms with E-state index >= 15 is 0 Å². The van der Waals surface area contributed by atoms with Crippen LogP contribution in [0.2, 0.25) is 0 Å². The number of nitrogens with zero attached hydrogens (tertiary/aromatic N) is 1. The van der Waals surface area contributed by atoms with Gasteiger partial charge in [-0.2, -0.15) is 5.10 Å². The normalized spacial score (nSPS) is 14.6. The van der Waals surface area contributed by atoms with Crippen LogP contribution in [0, 0.1) is 6.92 Å². The van der Waals surface area contributed by atoms with E-state index in [1.165, 1.54) is 0 Å². The first-order chi connectivity index (χ1) is 13.6. The number of carbonyl (C=O) groups is 1. The SMILES string of the molecule is Cc1c(C(=O)Nc2ccccc2Br)oc2c1/C(=N/Nc1ccccc1)CCC2. The molecule has 3 aromatic rings. The smallest absolute Gasteiger partial charge is 0.291 e. The Morgan fingerprint density at radius 3 is 2.61 bits per heavy atom. The molecule has 0 fully saturated rings. The van der Waals surface area contributed by atoms with Gasteiger partial charge in [-0.25, -0.2) is 0 Å². The van der Waals surface area contributed by atoms with Crippen molar-refractivity contribution in [1.82, 2.24) is 0 Å². The number of anilines is 2. The summed E-state index contributed by atoms with van der Waals surface area (Å²) in [6.45, 7) is 1.92. The first-order valence-corrected chi connectivity index (χ1v) is 9.99. The summed E-state index contributed by atoms with van der Waals surface area (Å²) in [7, 11) is 0. The molecule has 1 heterocycles. The summed E-state index contributed by atoms with van der Waals surface area (Å²) < 4.78 is 6.78. The molecular formula is C22H20BrN3O2. The van der Waals surface area contributed by atoms with Crippen LogP contribution >= 0.6 is 15.9 Å². The lowest BCUT2D eigenvalue weighted by Crippen LogP contribution is -2.14. The highest BCUT2D eigenvalue weighted by Gasteiger charge is 2.28. The van der Waals surface area contributed by atoms with Crippen LogP contribution < -0.4 is 10.7 Å². The Labute approximate surface area is 172 Å². The molecule has 1 aromatic heterocycles. The summed E-state index contributed by atoms with van der Waals surface area (Å²) >= 11 is 3.45. The van der Waals surface area contributed by atoms with Crippen molar-refractivity contribution in [2.75, 3.05) is 10.7 Å². The van der Waals surface area contributed by atoms with Crippen molar-refractivity contribution in [2.24, 2.45) is 5.10 Å². The lowest BCUT2D eigenvalue weighted by atomic mass is 9.93. The molecular weight excluding hydrogens is 418 g/mol. The molecule has 0 saturated carbocycles. The number of aryl methyl sites for hydroxylation is 1. The Kier molecular flexibility index (Phi) is 5.30. The number of amides is 1. The molecule has 0 spiro atoms. The quantitative estimate of drug-likeness (QED) is 0.510.